The first-order valence-corrected chi connectivity index (χ1v) is 8.27. The number of hydrogen-bond acceptors (Lipinski definition) is 0. The van der Waals surface area contributed by atoms with Crippen LogP contribution in [0.2, 0.25) is 4.18 Å². The number of rotatable bonds is 6. The van der Waals surface area contributed by atoms with Crippen molar-refractivity contribution in [1.29, 1.82) is 0 Å². The molecule has 53 valence electrons. The fraction of sp³-hybridized carbons (Fsp3) is 0.875. The van der Waals surface area contributed by atoms with Crippen LogP contribution in [0, 0.1) is 6.42 Å². The van der Waals surface area contributed by atoms with Crippen molar-refractivity contribution in [2.24, 2.45) is 0 Å². The van der Waals surface area contributed by atoms with Gasteiger partial charge in [0.05, 0.1) is 0 Å². The minimum absolute atomic E-state index is 0.956. The van der Waals surface area contributed by atoms with Gasteiger partial charge in [0.15, 0.2) is 0 Å². The first-order valence-electron chi connectivity index (χ1n) is 4.23. The molecule has 0 rings (SSSR count). The molecule has 0 fully saturated rings. The molecular weight excluding hydrogens is 211 g/mol. The molecule has 0 bridgehead atoms. The van der Waals surface area contributed by atoms with E-state index in [4.69, 9.17) is 0 Å². The third-order valence-electron chi connectivity index (χ3n) is 1.50. The van der Waals surface area contributed by atoms with E-state index in [9.17, 15) is 0 Å². The second kappa shape index (κ2) is 8.87. The van der Waals surface area contributed by atoms with Crippen LogP contribution in [-0.4, -0.2) is 24.4 Å². The Hall–Kier alpha value is 0.870. The molecule has 0 aliphatic rings. The molecule has 0 aromatic rings. The van der Waals surface area contributed by atoms with Gasteiger partial charge < -0.3 is 0 Å². The summed E-state index contributed by atoms with van der Waals surface area (Å²) >= 11 is 0.956. The van der Waals surface area contributed by atoms with Crippen LogP contribution in [0.3, 0.4) is 0 Å². The van der Waals surface area contributed by atoms with E-state index in [0.717, 1.165) is 24.4 Å². The third-order valence-corrected chi connectivity index (χ3v) is 3.52. The van der Waals surface area contributed by atoms with Crippen LogP contribution >= 0.6 is 0 Å². The minimum atomic E-state index is 0.956. The molecule has 0 aliphatic heterocycles. The fourth-order valence-corrected chi connectivity index (χ4v) is 2.31. The van der Waals surface area contributed by atoms with Gasteiger partial charge in [-0.05, 0) is 0 Å². The van der Waals surface area contributed by atoms with Gasteiger partial charge in [0.2, 0.25) is 0 Å². The maximum atomic E-state index is 2.44. The molecular formula is C8H18In. The van der Waals surface area contributed by atoms with E-state index in [1.54, 1.807) is 4.18 Å². The van der Waals surface area contributed by atoms with E-state index in [2.05, 4.69) is 13.3 Å². The summed E-state index contributed by atoms with van der Waals surface area (Å²) in [5.74, 6) is 0. The molecule has 0 heterocycles. The molecule has 0 atom stereocenters. The van der Waals surface area contributed by atoms with Gasteiger partial charge in [-0.3, -0.25) is 0 Å². The van der Waals surface area contributed by atoms with E-state index in [1.165, 1.54) is 32.1 Å². The van der Waals surface area contributed by atoms with Crippen molar-refractivity contribution < 1.29 is 0 Å². The van der Waals surface area contributed by atoms with Crippen molar-refractivity contribution in [2.45, 2.75) is 43.2 Å². The van der Waals surface area contributed by atoms with Gasteiger partial charge in [-0.15, -0.1) is 0 Å². The van der Waals surface area contributed by atoms with Gasteiger partial charge in [0.25, 0.3) is 0 Å². The molecule has 0 aromatic carbocycles. The Bertz CT molecular complexity index is 37.8. The topological polar surface area (TPSA) is 0 Å². The molecule has 1 heteroatoms. The SMILES string of the molecule is CCC[CH]CCC[CH2][InH2]. The van der Waals surface area contributed by atoms with E-state index in [0.29, 0.717) is 0 Å². The Balaban J connectivity index is 2.60. The molecule has 0 nitrogen and oxygen atoms in total. The van der Waals surface area contributed by atoms with Gasteiger partial charge in [-0.25, -0.2) is 0 Å². The van der Waals surface area contributed by atoms with E-state index >= 15 is 0 Å². The average Bonchev–Trinajstić information content (AvgIpc) is 1.89. The summed E-state index contributed by atoms with van der Waals surface area (Å²) in [6.45, 7) is 2.24. The van der Waals surface area contributed by atoms with Crippen molar-refractivity contribution in [3.63, 3.8) is 0 Å². The molecule has 0 saturated heterocycles. The first kappa shape index (κ1) is 9.87. The van der Waals surface area contributed by atoms with Crippen LogP contribution in [0.15, 0.2) is 0 Å². The van der Waals surface area contributed by atoms with Crippen molar-refractivity contribution >= 4 is 24.4 Å². The molecule has 9 heavy (non-hydrogen) atoms. The normalized spacial score (nSPS) is 9.89. The second-order valence-corrected chi connectivity index (χ2v) is 5.43. The average molecular weight is 229 g/mol. The molecule has 0 spiro atoms. The Kier molecular flexibility index (Phi) is 9.73. The van der Waals surface area contributed by atoms with Gasteiger partial charge >= 0.3 is 74.0 Å². The van der Waals surface area contributed by atoms with E-state index in [-0.39, 0.29) is 0 Å². The molecule has 1 radical (unpaired) electrons. The maximum absolute atomic E-state index is 2.44. The van der Waals surface area contributed by atoms with Crippen LogP contribution < -0.4 is 0 Å². The first-order chi connectivity index (χ1) is 4.41. The van der Waals surface area contributed by atoms with Crippen LogP contribution in [0.25, 0.3) is 0 Å². The Morgan fingerprint density at radius 2 is 2.00 bits per heavy atom. The zero-order chi connectivity index (χ0) is 6.95. The van der Waals surface area contributed by atoms with Crippen LogP contribution in [-0.2, 0) is 0 Å². The van der Waals surface area contributed by atoms with Crippen LogP contribution in [0.4, 0.5) is 0 Å². The quantitative estimate of drug-likeness (QED) is 0.612. The van der Waals surface area contributed by atoms with Gasteiger partial charge in [-0.1, -0.05) is 0 Å². The molecule has 0 saturated carbocycles. The second-order valence-electron chi connectivity index (χ2n) is 2.57. The van der Waals surface area contributed by atoms with Crippen molar-refractivity contribution in [2.75, 3.05) is 0 Å². The van der Waals surface area contributed by atoms with E-state index in [1.807, 2.05) is 0 Å². The van der Waals surface area contributed by atoms with Gasteiger partial charge in [0, 0.05) is 0 Å². The summed E-state index contributed by atoms with van der Waals surface area (Å²) < 4.78 is 1.56. The predicted molar refractivity (Wildman–Crippen MR) is 46.4 cm³/mol. The Morgan fingerprint density at radius 3 is 2.56 bits per heavy atom. The summed E-state index contributed by atoms with van der Waals surface area (Å²) in [6, 6.07) is 0. The monoisotopic (exact) mass is 229 g/mol. The molecule has 0 unspecified atom stereocenters. The van der Waals surface area contributed by atoms with Gasteiger partial charge in [-0.2, -0.15) is 0 Å². The summed E-state index contributed by atoms with van der Waals surface area (Å²) in [5.41, 5.74) is 0. The third kappa shape index (κ3) is 8.87. The van der Waals surface area contributed by atoms with Crippen LogP contribution in [0.5, 0.6) is 0 Å². The van der Waals surface area contributed by atoms with E-state index < -0.39 is 0 Å². The number of unbranched alkanes of at least 4 members (excludes halogenated alkanes) is 5. The number of hydrogen-bond donors (Lipinski definition) is 0. The van der Waals surface area contributed by atoms with Crippen molar-refractivity contribution in [3.05, 3.63) is 6.42 Å². The van der Waals surface area contributed by atoms with Crippen LogP contribution in [0.1, 0.15) is 39.0 Å². The van der Waals surface area contributed by atoms with Crippen molar-refractivity contribution in [3.8, 4) is 0 Å². The molecule has 0 N–H and O–H groups in total. The predicted octanol–water partition coefficient (Wildman–Crippen LogP) is 2.21. The Labute approximate surface area is 74.0 Å². The molecule has 0 aliphatic carbocycles. The fourth-order valence-electron chi connectivity index (χ4n) is 0.887. The summed E-state index contributed by atoms with van der Waals surface area (Å²) in [5, 5.41) is 0. The summed E-state index contributed by atoms with van der Waals surface area (Å²) in [7, 11) is 0. The summed E-state index contributed by atoms with van der Waals surface area (Å²) in [4.78, 5) is 0. The zero-order valence-corrected chi connectivity index (χ0v) is 12.5. The molecule has 0 amide bonds. The summed E-state index contributed by atoms with van der Waals surface area (Å²) in [6.07, 6.45) is 9.40. The van der Waals surface area contributed by atoms with Crippen molar-refractivity contribution in [1.82, 2.24) is 0 Å². The zero-order valence-electron chi connectivity index (χ0n) is 6.82. The standard InChI is InChI=1S/C8H16.In.2H/c1-3-5-7-8-6-4-2;;;/h8H,1,3-7H2,2H3;;;. The molecule has 0 aromatic heterocycles. The van der Waals surface area contributed by atoms with Gasteiger partial charge in [0.1, 0.15) is 0 Å². The Morgan fingerprint density at radius 1 is 1.22 bits per heavy atom.